The third-order valence-electron chi connectivity index (χ3n) is 5.12. The zero-order valence-electron chi connectivity index (χ0n) is 16.5. The number of benzene rings is 1. The highest BCUT2D eigenvalue weighted by Gasteiger charge is 2.32. The minimum absolute atomic E-state index is 0.147. The first kappa shape index (κ1) is 19.7. The van der Waals surface area contributed by atoms with Crippen molar-refractivity contribution in [1.82, 2.24) is 9.80 Å². The van der Waals surface area contributed by atoms with Gasteiger partial charge in [-0.05, 0) is 19.1 Å². The number of carbonyl (C=O) groups is 2. The molecule has 1 aromatic rings. The molecule has 148 valence electrons. The summed E-state index contributed by atoms with van der Waals surface area (Å²) in [5.74, 6) is 0.382. The minimum atomic E-state index is -0.319. The van der Waals surface area contributed by atoms with E-state index in [2.05, 4.69) is 6.07 Å². The summed E-state index contributed by atoms with van der Waals surface area (Å²) in [6.45, 7) is 4.45. The lowest BCUT2D eigenvalue weighted by atomic mass is 10.1. The second-order valence-corrected chi connectivity index (χ2v) is 6.80. The van der Waals surface area contributed by atoms with Crippen molar-refractivity contribution in [1.29, 1.82) is 5.26 Å². The van der Waals surface area contributed by atoms with E-state index in [0.717, 1.165) is 11.4 Å². The van der Waals surface area contributed by atoms with Gasteiger partial charge in [0, 0.05) is 40.3 Å². The number of anilines is 2. The number of ether oxygens (including phenoxy) is 1. The minimum Gasteiger partial charge on any atom is -0.450 e. The fraction of sp³-hybridized carbons (Fsp3) is 0.450. The van der Waals surface area contributed by atoms with Crippen LogP contribution in [0.1, 0.15) is 6.92 Å². The maximum atomic E-state index is 12.9. The van der Waals surface area contributed by atoms with Crippen LogP contribution in [0.15, 0.2) is 35.7 Å². The molecule has 1 fully saturated rings. The van der Waals surface area contributed by atoms with Crippen molar-refractivity contribution in [2.24, 2.45) is 0 Å². The first-order valence-corrected chi connectivity index (χ1v) is 9.36. The Morgan fingerprint density at radius 1 is 1.07 bits per heavy atom. The fourth-order valence-electron chi connectivity index (χ4n) is 3.64. The fourth-order valence-corrected chi connectivity index (χ4v) is 3.64. The van der Waals surface area contributed by atoms with E-state index in [1.165, 1.54) is 0 Å². The second-order valence-electron chi connectivity index (χ2n) is 6.80. The van der Waals surface area contributed by atoms with Crippen LogP contribution in [0.25, 0.3) is 0 Å². The lowest BCUT2D eigenvalue weighted by molar-refractivity contribution is -0.116. The number of hydrogen-bond donors (Lipinski definition) is 0. The summed E-state index contributed by atoms with van der Waals surface area (Å²) in [5, 5.41) is 9.70. The van der Waals surface area contributed by atoms with Crippen molar-refractivity contribution >= 4 is 23.3 Å². The van der Waals surface area contributed by atoms with Crippen LogP contribution < -0.4 is 9.80 Å². The number of para-hydroxylation sites is 2. The van der Waals surface area contributed by atoms with Crippen molar-refractivity contribution < 1.29 is 14.3 Å². The topological polar surface area (TPSA) is 80.1 Å². The van der Waals surface area contributed by atoms with Gasteiger partial charge in [-0.1, -0.05) is 12.1 Å². The summed E-state index contributed by atoms with van der Waals surface area (Å²) in [4.78, 5) is 32.1. The molecule has 0 saturated carbocycles. The van der Waals surface area contributed by atoms with Gasteiger partial charge in [0.05, 0.1) is 24.5 Å². The van der Waals surface area contributed by atoms with E-state index < -0.39 is 0 Å². The van der Waals surface area contributed by atoms with Crippen molar-refractivity contribution in [3.8, 4) is 6.07 Å². The molecular formula is C20H25N5O3. The molecule has 0 aliphatic carbocycles. The monoisotopic (exact) mass is 383 g/mol. The molecule has 28 heavy (non-hydrogen) atoms. The Bertz CT molecular complexity index is 805. The van der Waals surface area contributed by atoms with Gasteiger partial charge in [-0.3, -0.25) is 9.69 Å². The average Bonchev–Trinajstić information content (AvgIpc) is 2.95. The summed E-state index contributed by atoms with van der Waals surface area (Å²) in [6.07, 6.45) is -0.319. The van der Waals surface area contributed by atoms with E-state index in [0.29, 0.717) is 38.6 Å². The summed E-state index contributed by atoms with van der Waals surface area (Å²) in [6, 6.07) is 9.91. The van der Waals surface area contributed by atoms with Gasteiger partial charge >= 0.3 is 6.09 Å². The third-order valence-corrected chi connectivity index (χ3v) is 5.12. The summed E-state index contributed by atoms with van der Waals surface area (Å²) >= 11 is 0. The van der Waals surface area contributed by atoms with E-state index in [1.807, 2.05) is 53.1 Å². The predicted octanol–water partition coefficient (Wildman–Crippen LogP) is 1.65. The molecule has 2 aliphatic heterocycles. The van der Waals surface area contributed by atoms with Crippen LogP contribution in [0.2, 0.25) is 0 Å². The molecule has 0 bridgehead atoms. The van der Waals surface area contributed by atoms with Crippen LogP contribution in [0.4, 0.5) is 16.2 Å². The molecule has 2 aliphatic rings. The highest BCUT2D eigenvalue weighted by atomic mass is 16.6. The van der Waals surface area contributed by atoms with E-state index >= 15 is 0 Å². The van der Waals surface area contributed by atoms with Crippen LogP contribution in [0.5, 0.6) is 0 Å². The van der Waals surface area contributed by atoms with Gasteiger partial charge in [-0.25, -0.2) is 4.79 Å². The zero-order chi connectivity index (χ0) is 20.3. The molecule has 8 heteroatoms. The van der Waals surface area contributed by atoms with E-state index in [9.17, 15) is 14.9 Å². The van der Waals surface area contributed by atoms with Gasteiger partial charge < -0.3 is 19.4 Å². The molecule has 1 aromatic carbocycles. The Morgan fingerprint density at radius 2 is 1.64 bits per heavy atom. The van der Waals surface area contributed by atoms with Crippen LogP contribution in [-0.4, -0.2) is 75.1 Å². The van der Waals surface area contributed by atoms with E-state index in [1.54, 1.807) is 11.8 Å². The van der Waals surface area contributed by atoms with E-state index in [4.69, 9.17) is 4.74 Å². The number of amides is 1. The molecule has 2 heterocycles. The molecule has 0 radical (unpaired) electrons. The number of ketones is 1. The molecule has 0 spiro atoms. The third kappa shape index (κ3) is 3.66. The SMILES string of the molecule is CCOC(=O)N1CCN(CC(=O)C(C#N)=C2N(C)c3ccccc3N2C)CC1. The molecule has 0 unspecified atom stereocenters. The predicted molar refractivity (Wildman–Crippen MR) is 106 cm³/mol. The maximum Gasteiger partial charge on any atom is 0.409 e. The number of rotatable bonds is 4. The van der Waals surface area contributed by atoms with Gasteiger partial charge in [0.25, 0.3) is 0 Å². The van der Waals surface area contributed by atoms with Gasteiger partial charge in [-0.15, -0.1) is 0 Å². The Kier molecular flexibility index (Phi) is 5.85. The molecule has 1 amide bonds. The first-order valence-electron chi connectivity index (χ1n) is 9.36. The molecule has 1 saturated heterocycles. The van der Waals surface area contributed by atoms with Crippen LogP contribution >= 0.6 is 0 Å². The molecule has 0 N–H and O–H groups in total. The van der Waals surface area contributed by atoms with Crippen molar-refractivity contribution in [2.45, 2.75) is 6.92 Å². The number of Topliss-reactive ketones (excluding diaryl/α,β-unsaturated/α-hetero) is 1. The molecule has 0 atom stereocenters. The quantitative estimate of drug-likeness (QED) is 0.578. The van der Waals surface area contributed by atoms with Gasteiger partial charge in [0.15, 0.2) is 5.78 Å². The largest absolute Gasteiger partial charge is 0.450 e. The Labute approximate surface area is 165 Å². The highest BCUT2D eigenvalue weighted by Crippen LogP contribution is 2.40. The summed E-state index contributed by atoms with van der Waals surface area (Å²) < 4.78 is 5.02. The number of nitriles is 1. The van der Waals surface area contributed by atoms with Crippen LogP contribution in [0.3, 0.4) is 0 Å². The van der Waals surface area contributed by atoms with Gasteiger partial charge in [0.2, 0.25) is 0 Å². The molecule has 8 nitrogen and oxygen atoms in total. The summed E-state index contributed by atoms with van der Waals surface area (Å²) in [5.41, 5.74) is 2.07. The Morgan fingerprint density at radius 3 is 2.14 bits per heavy atom. The number of nitrogens with zero attached hydrogens (tertiary/aromatic N) is 5. The van der Waals surface area contributed by atoms with Crippen LogP contribution in [-0.2, 0) is 9.53 Å². The second kappa shape index (κ2) is 8.31. The Hall–Kier alpha value is -3.05. The highest BCUT2D eigenvalue weighted by molar-refractivity contribution is 6.03. The zero-order valence-corrected chi connectivity index (χ0v) is 16.5. The summed E-state index contributed by atoms with van der Waals surface area (Å²) in [7, 11) is 3.72. The smallest absolute Gasteiger partial charge is 0.409 e. The normalized spacial score (nSPS) is 16.6. The van der Waals surface area contributed by atoms with Crippen molar-refractivity contribution in [3.05, 3.63) is 35.7 Å². The molecule has 3 rings (SSSR count). The molecule has 0 aromatic heterocycles. The van der Waals surface area contributed by atoms with Gasteiger partial charge in [-0.2, -0.15) is 5.26 Å². The van der Waals surface area contributed by atoms with Crippen LogP contribution in [0, 0.1) is 11.3 Å². The van der Waals surface area contributed by atoms with E-state index in [-0.39, 0.29) is 24.0 Å². The maximum absolute atomic E-state index is 12.9. The van der Waals surface area contributed by atoms with Gasteiger partial charge in [0.1, 0.15) is 17.5 Å². The first-order chi connectivity index (χ1) is 13.5. The molecular weight excluding hydrogens is 358 g/mol. The average molecular weight is 383 g/mol. The number of fused-ring (bicyclic) bond motifs is 1. The Balaban J connectivity index is 1.70. The number of hydrogen-bond acceptors (Lipinski definition) is 7. The standard InChI is InChI=1S/C20H25N5O3/c1-4-28-20(27)25-11-9-24(10-12-25)14-18(26)15(13-21)19-22(2)16-7-5-6-8-17(16)23(19)3/h5-8H,4,9-12,14H2,1-3H3. The lowest BCUT2D eigenvalue weighted by Crippen LogP contribution is -2.50. The van der Waals surface area contributed by atoms with Crippen molar-refractivity contribution in [3.63, 3.8) is 0 Å². The number of piperazine rings is 1. The lowest BCUT2D eigenvalue weighted by Gasteiger charge is -2.33. The van der Waals surface area contributed by atoms with Crippen molar-refractivity contribution in [2.75, 3.05) is 63.2 Å². The number of carbonyl (C=O) groups excluding carboxylic acids is 2.